The predicted octanol–water partition coefficient (Wildman–Crippen LogP) is 2.46. The highest BCUT2D eigenvalue weighted by Crippen LogP contribution is 2.29. The largest absolute Gasteiger partial charge is 0.495 e. The van der Waals surface area contributed by atoms with Crippen molar-refractivity contribution in [3.05, 3.63) is 48.8 Å². The molecular weight excluding hydrogens is 344 g/mol. The molecule has 1 N–H and O–H groups in total. The smallest absolute Gasteiger partial charge is 0.323 e. The van der Waals surface area contributed by atoms with E-state index in [1.807, 2.05) is 36.4 Å². The molecule has 4 rings (SSSR count). The number of para-hydroxylation sites is 2. The summed E-state index contributed by atoms with van der Waals surface area (Å²) in [6, 6.07) is 14.1. The second-order valence-corrected chi connectivity index (χ2v) is 6.59. The Labute approximate surface area is 157 Å². The monoisotopic (exact) mass is 366 g/mol. The third-order valence-corrected chi connectivity index (χ3v) is 4.98. The second kappa shape index (κ2) is 7.19. The quantitative estimate of drug-likeness (QED) is 0.748. The van der Waals surface area contributed by atoms with Gasteiger partial charge in [0.2, 0.25) is 0 Å². The number of aliphatic carboxylic acids is 1. The number of carboxylic acids is 1. The van der Waals surface area contributed by atoms with Crippen LogP contribution in [-0.4, -0.2) is 53.9 Å². The molecule has 1 aliphatic rings. The summed E-state index contributed by atoms with van der Waals surface area (Å²) < 4.78 is 7.13. The Morgan fingerprint density at radius 3 is 2.59 bits per heavy atom. The van der Waals surface area contributed by atoms with Gasteiger partial charge in [-0.15, -0.1) is 0 Å². The summed E-state index contributed by atoms with van der Waals surface area (Å²) in [6.45, 7) is 3.55. The highest BCUT2D eigenvalue weighted by molar-refractivity contribution is 5.81. The highest BCUT2D eigenvalue weighted by Gasteiger charge is 2.20. The summed E-state index contributed by atoms with van der Waals surface area (Å²) in [5.41, 5.74) is 3.90. The van der Waals surface area contributed by atoms with E-state index in [1.54, 1.807) is 18.0 Å². The molecule has 140 valence electrons. The van der Waals surface area contributed by atoms with Crippen LogP contribution in [0.1, 0.15) is 0 Å². The lowest BCUT2D eigenvalue weighted by Crippen LogP contribution is -2.46. The van der Waals surface area contributed by atoms with E-state index < -0.39 is 5.97 Å². The summed E-state index contributed by atoms with van der Waals surface area (Å²) in [5.74, 6) is 0.0298. The van der Waals surface area contributed by atoms with Crippen LogP contribution in [0, 0.1) is 0 Å². The molecule has 0 spiro atoms. The molecule has 2 heterocycles. The number of rotatable bonds is 5. The van der Waals surface area contributed by atoms with Crippen LogP contribution in [0.15, 0.2) is 48.8 Å². The van der Waals surface area contributed by atoms with E-state index in [0.717, 1.165) is 54.3 Å². The van der Waals surface area contributed by atoms with Crippen molar-refractivity contribution in [3.63, 3.8) is 0 Å². The third kappa shape index (κ3) is 3.40. The number of benzene rings is 2. The van der Waals surface area contributed by atoms with E-state index in [1.165, 1.54) is 0 Å². The molecule has 0 radical (unpaired) electrons. The zero-order chi connectivity index (χ0) is 18.8. The molecule has 0 saturated carbocycles. The van der Waals surface area contributed by atoms with Gasteiger partial charge in [-0.25, -0.2) is 4.98 Å². The Morgan fingerprint density at radius 2 is 1.85 bits per heavy atom. The number of carbonyl (C=O) groups is 1. The van der Waals surface area contributed by atoms with Crippen LogP contribution in [0.2, 0.25) is 0 Å². The summed E-state index contributed by atoms with van der Waals surface area (Å²) in [7, 11) is 1.70. The minimum absolute atomic E-state index is 0.0760. The van der Waals surface area contributed by atoms with Crippen molar-refractivity contribution in [1.29, 1.82) is 0 Å². The Bertz CT molecular complexity index is 961. The Hall–Kier alpha value is -3.22. The summed E-state index contributed by atoms with van der Waals surface area (Å²) >= 11 is 0. The fraction of sp³-hybridized carbons (Fsp3) is 0.300. The molecule has 1 saturated heterocycles. The lowest BCUT2D eigenvalue weighted by molar-refractivity contribution is -0.137. The van der Waals surface area contributed by atoms with Gasteiger partial charge in [0.25, 0.3) is 0 Å². The average molecular weight is 366 g/mol. The number of nitrogens with zero attached hydrogens (tertiary/aromatic N) is 4. The maximum atomic E-state index is 10.9. The van der Waals surface area contributed by atoms with Crippen molar-refractivity contribution in [2.75, 3.05) is 43.1 Å². The predicted molar refractivity (Wildman–Crippen MR) is 105 cm³/mol. The number of piperazine rings is 1. The maximum Gasteiger partial charge on any atom is 0.323 e. The summed E-state index contributed by atoms with van der Waals surface area (Å²) in [5, 5.41) is 8.99. The van der Waals surface area contributed by atoms with Gasteiger partial charge in [0.1, 0.15) is 12.3 Å². The second-order valence-electron chi connectivity index (χ2n) is 6.59. The first kappa shape index (κ1) is 17.2. The van der Waals surface area contributed by atoms with Gasteiger partial charge in [-0.1, -0.05) is 12.1 Å². The van der Waals surface area contributed by atoms with Crippen molar-refractivity contribution in [3.8, 4) is 5.75 Å². The third-order valence-electron chi connectivity index (χ3n) is 4.98. The van der Waals surface area contributed by atoms with E-state index >= 15 is 0 Å². The Kier molecular flexibility index (Phi) is 4.58. The van der Waals surface area contributed by atoms with Crippen LogP contribution in [0.4, 0.5) is 11.4 Å². The van der Waals surface area contributed by atoms with Gasteiger partial charge in [0.05, 0.1) is 30.2 Å². The molecule has 0 bridgehead atoms. The van der Waals surface area contributed by atoms with E-state index in [4.69, 9.17) is 9.84 Å². The lowest BCUT2D eigenvalue weighted by atomic mass is 10.2. The SMILES string of the molecule is COc1ccccc1N1CCN(c2ccc3c(c2)ncn3CC(=O)O)CC1. The number of aromatic nitrogens is 2. The van der Waals surface area contributed by atoms with Gasteiger partial charge >= 0.3 is 5.97 Å². The van der Waals surface area contributed by atoms with E-state index in [2.05, 4.69) is 20.9 Å². The van der Waals surface area contributed by atoms with Gasteiger partial charge < -0.3 is 24.2 Å². The zero-order valence-corrected chi connectivity index (χ0v) is 15.2. The van der Waals surface area contributed by atoms with Crippen molar-refractivity contribution in [2.45, 2.75) is 6.54 Å². The first-order valence-electron chi connectivity index (χ1n) is 8.95. The van der Waals surface area contributed by atoms with Gasteiger partial charge in [0.15, 0.2) is 0 Å². The minimum Gasteiger partial charge on any atom is -0.495 e. The fourth-order valence-corrected chi connectivity index (χ4v) is 3.62. The molecule has 2 aromatic carbocycles. The number of hydrogen-bond acceptors (Lipinski definition) is 5. The average Bonchev–Trinajstić information content (AvgIpc) is 3.09. The standard InChI is InChI=1S/C20H22N4O3/c1-27-19-5-3-2-4-18(19)23-10-8-22(9-11-23)15-6-7-17-16(12-15)21-14-24(17)13-20(25)26/h2-7,12,14H,8-11,13H2,1H3,(H,25,26). The molecule has 0 aliphatic carbocycles. The number of anilines is 2. The molecule has 1 aliphatic heterocycles. The molecule has 0 atom stereocenters. The van der Waals surface area contributed by atoms with Gasteiger partial charge in [0, 0.05) is 31.9 Å². The zero-order valence-electron chi connectivity index (χ0n) is 15.2. The Morgan fingerprint density at radius 1 is 1.11 bits per heavy atom. The molecule has 7 nitrogen and oxygen atoms in total. The fourth-order valence-electron chi connectivity index (χ4n) is 3.62. The number of carboxylic acid groups (broad SMARTS) is 1. The Balaban J connectivity index is 1.49. The normalized spacial score (nSPS) is 14.6. The van der Waals surface area contributed by atoms with Crippen molar-refractivity contribution >= 4 is 28.4 Å². The number of imidazole rings is 1. The first-order valence-corrected chi connectivity index (χ1v) is 8.95. The molecular formula is C20H22N4O3. The number of ether oxygens (including phenoxy) is 1. The first-order chi connectivity index (χ1) is 13.2. The molecule has 27 heavy (non-hydrogen) atoms. The molecule has 1 aromatic heterocycles. The van der Waals surface area contributed by atoms with Gasteiger partial charge in [-0.3, -0.25) is 4.79 Å². The van der Waals surface area contributed by atoms with Crippen LogP contribution < -0.4 is 14.5 Å². The van der Waals surface area contributed by atoms with E-state index in [-0.39, 0.29) is 6.54 Å². The maximum absolute atomic E-state index is 10.9. The van der Waals surface area contributed by atoms with Crippen LogP contribution in [0.25, 0.3) is 11.0 Å². The van der Waals surface area contributed by atoms with Crippen LogP contribution >= 0.6 is 0 Å². The van der Waals surface area contributed by atoms with Crippen molar-refractivity contribution in [1.82, 2.24) is 9.55 Å². The van der Waals surface area contributed by atoms with Crippen molar-refractivity contribution in [2.24, 2.45) is 0 Å². The van der Waals surface area contributed by atoms with Crippen LogP contribution in [0.5, 0.6) is 5.75 Å². The van der Waals surface area contributed by atoms with Crippen LogP contribution in [0.3, 0.4) is 0 Å². The molecule has 3 aromatic rings. The van der Waals surface area contributed by atoms with Gasteiger partial charge in [-0.05, 0) is 30.3 Å². The van der Waals surface area contributed by atoms with Gasteiger partial charge in [-0.2, -0.15) is 0 Å². The minimum atomic E-state index is -0.870. The topological polar surface area (TPSA) is 70.8 Å². The molecule has 7 heteroatoms. The highest BCUT2D eigenvalue weighted by atomic mass is 16.5. The molecule has 1 fully saturated rings. The number of methoxy groups -OCH3 is 1. The van der Waals surface area contributed by atoms with Crippen LogP contribution in [-0.2, 0) is 11.3 Å². The van der Waals surface area contributed by atoms with E-state index in [0.29, 0.717) is 0 Å². The molecule has 0 amide bonds. The lowest BCUT2D eigenvalue weighted by Gasteiger charge is -2.37. The number of hydrogen-bond donors (Lipinski definition) is 1. The summed E-state index contributed by atoms with van der Waals surface area (Å²) in [6.07, 6.45) is 1.59. The molecule has 0 unspecified atom stereocenters. The van der Waals surface area contributed by atoms with Crippen molar-refractivity contribution < 1.29 is 14.6 Å². The number of fused-ring (bicyclic) bond motifs is 1. The van der Waals surface area contributed by atoms with E-state index in [9.17, 15) is 4.79 Å². The summed E-state index contributed by atoms with van der Waals surface area (Å²) in [4.78, 5) is 20.0.